The Morgan fingerprint density at radius 2 is 2.00 bits per heavy atom. The number of carboxylic acid groups (broad SMARTS) is 1. The molecule has 0 unspecified atom stereocenters. The Bertz CT molecular complexity index is 726. The molecular weight excluding hydrogens is 323 g/mol. The quantitative estimate of drug-likeness (QED) is 0.805. The number of carbonyl (C=O) groups is 1. The third kappa shape index (κ3) is 4.72. The molecule has 120 valence electrons. The van der Waals surface area contributed by atoms with Crippen LogP contribution in [-0.2, 0) is 11.4 Å². The standard InChI is InChI=1S/C17H14ClFO4/c1-22-15-9-12(4-7-16(20)21)8-14(18)17(15)23-10-11-2-5-13(19)6-3-11/h2-9H,10H2,1H3,(H,20,21). The highest BCUT2D eigenvalue weighted by molar-refractivity contribution is 6.32. The Morgan fingerprint density at radius 3 is 2.61 bits per heavy atom. The van der Waals surface area contributed by atoms with Crippen LogP contribution in [0.3, 0.4) is 0 Å². The molecule has 0 aliphatic carbocycles. The Hall–Kier alpha value is -2.53. The highest BCUT2D eigenvalue weighted by atomic mass is 35.5. The van der Waals surface area contributed by atoms with Crippen molar-refractivity contribution in [1.29, 1.82) is 0 Å². The number of benzene rings is 2. The van der Waals surface area contributed by atoms with Crippen LogP contribution in [0.2, 0.25) is 5.02 Å². The van der Waals surface area contributed by atoms with Gasteiger partial charge in [0.05, 0.1) is 12.1 Å². The lowest BCUT2D eigenvalue weighted by molar-refractivity contribution is -0.131. The van der Waals surface area contributed by atoms with Gasteiger partial charge in [0, 0.05) is 6.08 Å². The van der Waals surface area contributed by atoms with Crippen LogP contribution in [0.1, 0.15) is 11.1 Å². The average Bonchev–Trinajstić information content (AvgIpc) is 2.53. The Kier molecular flexibility index (Phi) is 5.60. The fraction of sp³-hybridized carbons (Fsp3) is 0.118. The van der Waals surface area contributed by atoms with E-state index in [0.717, 1.165) is 11.6 Å². The van der Waals surface area contributed by atoms with Gasteiger partial charge in [0.1, 0.15) is 12.4 Å². The van der Waals surface area contributed by atoms with Gasteiger partial charge in [0.15, 0.2) is 11.5 Å². The van der Waals surface area contributed by atoms with Crippen LogP contribution < -0.4 is 9.47 Å². The van der Waals surface area contributed by atoms with Gasteiger partial charge >= 0.3 is 5.97 Å². The lowest BCUT2D eigenvalue weighted by atomic mass is 10.2. The zero-order valence-corrected chi connectivity index (χ0v) is 13.0. The van der Waals surface area contributed by atoms with Crippen molar-refractivity contribution in [3.05, 3.63) is 64.4 Å². The van der Waals surface area contributed by atoms with E-state index >= 15 is 0 Å². The molecule has 4 nitrogen and oxygen atoms in total. The first-order chi connectivity index (χ1) is 11.0. The monoisotopic (exact) mass is 336 g/mol. The first-order valence-electron chi connectivity index (χ1n) is 6.65. The van der Waals surface area contributed by atoms with Gasteiger partial charge in [-0.2, -0.15) is 0 Å². The molecule has 23 heavy (non-hydrogen) atoms. The molecule has 0 radical (unpaired) electrons. The number of rotatable bonds is 6. The van der Waals surface area contributed by atoms with Crippen LogP contribution in [-0.4, -0.2) is 18.2 Å². The van der Waals surface area contributed by atoms with Crippen LogP contribution in [0.25, 0.3) is 6.08 Å². The second kappa shape index (κ2) is 7.65. The molecule has 0 spiro atoms. The number of ether oxygens (including phenoxy) is 2. The van der Waals surface area contributed by atoms with Crippen molar-refractivity contribution in [2.45, 2.75) is 6.61 Å². The Balaban J connectivity index is 2.20. The van der Waals surface area contributed by atoms with Crippen LogP contribution in [0.5, 0.6) is 11.5 Å². The predicted octanol–water partition coefficient (Wildman–Crippen LogP) is 4.16. The maximum Gasteiger partial charge on any atom is 0.328 e. The van der Waals surface area contributed by atoms with E-state index in [-0.39, 0.29) is 17.4 Å². The number of hydrogen-bond donors (Lipinski definition) is 1. The van der Waals surface area contributed by atoms with Crippen LogP contribution in [0.4, 0.5) is 4.39 Å². The van der Waals surface area contributed by atoms with Gasteiger partial charge in [-0.05, 0) is 41.5 Å². The molecule has 0 aliphatic rings. The van der Waals surface area contributed by atoms with E-state index in [1.54, 1.807) is 24.3 Å². The third-order valence-electron chi connectivity index (χ3n) is 2.97. The lowest BCUT2D eigenvalue weighted by Crippen LogP contribution is -1.99. The molecule has 0 saturated heterocycles. The number of carboxylic acids is 1. The van der Waals surface area contributed by atoms with Gasteiger partial charge in [-0.25, -0.2) is 9.18 Å². The smallest absolute Gasteiger partial charge is 0.328 e. The molecule has 0 heterocycles. The van der Waals surface area contributed by atoms with Gasteiger partial charge in [0.25, 0.3) is 0 Å². The van der Waals surface area contributed by atoms with Crippen molar-refractivity contribution in [2.75, 3.05) is 7.11 Å². The minimum atomic E-state index is -1.06. The predicted molar refractivity (Wildman–Crippen MR) is 85.4 cm³/mol. The number of aliphatic carboxylic acids is 1. The van der Waals surface area contributed by atoms with Crippen molar-refractivity contribution in [3.8, 4) is 11.5 Å². The molecule has 0 aliphatic heterocycles. The minimum absolute atomic E-state index is 0.195. The van der Waals surface area contributed by atoms with E-state index in [1.165, 1.54) is 25.3 Å². The molecule has 0 atom stereocenters. The van der Waals surface area contributed by atoms with Gasteiger partial charge in [-0.15, -0.1) is 0 Å². The molecule has 2 aromatic carbocycles. The van der Waals surface area contributed by atoms with E-state index in [1.807, 2.05) is 0 Å². The second-order valence-corrected chi connectivity index (χ2v) is 5.03. The first-order valence-corrected chi connectivity index (χ1v) is 7.03. The van der Waals surface area contributed by atoms with E-state index in [4.69, 9.17) is 26.2 Å². The summed E-state index contributed by atoms with van der Waals surface area (Å²) in [6.45, 7) is 0.195. The first kappa shape index (κ1) is 16.8. The maximum atomic E-state index is 12.9. The summed E-state index contributed by atoms with van der Waals surface area (Å²) >= 11 is 6.17. The second-order valence-electron chi connectivity index (χ2n) is 4.62. The molecule has 0 fully saturated rings. The largest absolute Gasteiger partial charge is 0.493 e. The zero-order chi connectivity index (χ0) is 16.8. The lowest BCUT2D eigenvalue weighted by Gasteiger charge is -2.13. The number of methoxy groups -OCH3 is 1. The maximum absolute atomic E-state index is 12.9. The van der Waals surface area contributed by atoms with Crippen LogP contribution >= 0.6 is 11.6 Å². The molecule has 0 amide bonds. The van der Waals surface area contributed by atoms with Crippen molar-refractivity contribution >= 4 is 23.6 Å². The molecule has 6 heteroatoms. The van der Waals surface area contributed by atoms with Gasteiger partial charge < -0.3 is 14.6 Å². The number of hydrogen-bond acceptors (Lipinski definition) is 3. The van der Waals surface area contributed by atoms with Gasteiger partial charge in [-0.3, -0.25) is 0 Å². The summed E-state index contributed by atoms with van der Waals surface area (Å²) in [5.74, 6) is -0.661. The van der Waals surface area contributed by atoms with E-state index in [9.17, 15) is 9.18 Å². The number of halogens is 2. The molecule has 0 aromatic heterocycles. The van der Waals surface area contributed by atoms with Gasteiger partial charge in [-0.1, -0.05) is 23.7 Å². The van der Waals surface area contributed by atoms with Crippen LogP contribution in [0, 0.1) is 5.82 Å². The molecule has 1 N–H and O–H groups in total. The summed E-state index contributed by atoms with van der Waals surface area (Å²) in [5.41, 5.74) is 1.35. The van der Waals surface area contributed by atoms with Crippen molar-refractivity contribution in [1.82, 2.24) is 0 Å². The highest BCUT2D eigenvalue weighted by Crippen LogP contribution is 2.37. The van der Waals surface area contributed by atoms with Crippen LogP contribution in [0.15, 0.2) is 42.5 Å². The summed E-state index contributed by atoms with van der Waals surface area (Å²) in [6, 6.07) is 9.10. The SMILES string of the molecule is COc1cc(C=CC(=O)O)cc(Cl)c1OCc1ccc(F)cc1. The molecule has 2 aromatic rings. The van der Waals surface area contributed by atoms with E-state index in [2.05, 4.69) is 0 Å². The van der Waals surface area contributed by atoms with Gasteiger partial charge in [0.2, 0.25) is 0 Å². The summed E-state index contributed by atoms with van der Waals surface area (Å²) < 4.78 is 23.8. The highest BCUT2D eigenvalue weighted by Gasteiger charge is 2.12. The fourth-order valence-electron chi connectivity index (χ4n) is 1.88. The minimum Gasteiger partial charge on any atom is -0.493 e. The van der Waals surface area contributed by atoms with Crippen molar-refractivity contribution < 1.29 is 23.8 Å². The normalized spacial score (nSPS) is 10.7. The van der Waals surface area contributed by atoms with E-state index in [0.29, 0.717) is 17.1 Å². The van der Waals surface area contributed by atoms with E-state index < -0.39 is 5.97 Å². The summed E-state index contributed by atoms with van der Waals surface area (Å²) in [4.78, 5) is 10.6. The molecule has 0 bridgehead atoms. The Morgan fingerprint density at radius 1 is 1.30 bits per heavy atom. The molecule has 2 rings (SSSR count). The Labute approximate surface area is 137 Å². The summed E-state index contributed by atoms with van der Waals surface area (Å²) in [5, 5.41) is 8.94. The summed E-state index contributed by atoms with van der Waals surface area (Å²) in [7, 11) is 1.46. The summed E-state index contributed by atoms with van der Waals surface area (Å²) in [6.07, 6.45) is 2.41. The average molecular weight is 337 g/mol. The molecular formula is C17H14ClFO4. The fourth-order valence-corrected chi connectivity index (χ4v) is 2.15. The van der Waals surface area contributed by atoms with Crippen molar-refractivity contribution in [2.24, 2.45) is 0 Å². The molecule has 0 saturated carbocycles. The van der Waals surface area contributed by atoms with Crippen molar-refractivity contribution in [3.63, 3.8) is 0 Å². The zero-order valence-electron chi connectivity index (χ0n) is 12.3. The topological polar surface area (TPSA) is 55.8 Å². The third-order valence-corrected chi connectivity index (χ3v) is 3.25.